The highest BCUT2D eigenvalue weighted by Gasteiger charge is 2.52. The summed E-state index contributed by atoms with van der Waals surface area (Å²) >= 11 is 0. The SMILES string of the molecule is CN1CC2C(=O)C(CCc3ccccc3)C(=O)C2C1. The lowest BCUT2D eigenvalue weighted by molar-refractivity contribution is -0.129. The van der Waals surface area contributed by atoms with Gasteiger partial charge in [-0.1, -0.05) is 30.3 Å². The van der Waals surface area contributed by atoms with Crippen molar-refractivity contribution in [1.82, 2.24) is 4.90 Å². The molecule has 1 aromatic carbocycles. The van der Waals surface area contributed by atoms with Gasteiger partial charge in [-0.25, -0.2) is 0 Å². The topological polar surface area (TPSA) is 37.4 Å². The number of nitrogens with zero attached hydrogens (tertiary/aromatic N) is 1. The Morgan fingerprint density at radius 1 is 1.05 bits per heavy atom. The lowest BCUT2D eigenvalue weighted by atomic mass is 9.95. The van der Waals surface area contributed by atoms with Crippen molar-refractivity contribution < 1.29 is 9.59 Å². The highest BCUT2D eigenvalue weighted by molar-refractivity contribution is 6.12. The summed E-state index contributed by atoms with van der Waals surface area (Å²) in [6.07, 6.45) is 1.50. The number of hydrogen-bond acceptors (Lipinski definition) is 3. The molecule has 0 radical (unpaired) electrons. The molecule has 3 nitrogen and oxygen atoms in total. The van der Waals surface area contributed by atoms with Crippen molar-refractivity contribution in [2.75, 3.05) is 20.1 Å². The number of fused-ring (bicyclic) bond motifs is 1. The lowest BCUT2D eigenvalue weighted by Gasteiger charge is -2.12. The van der Waals surface area contributed by atoms with E-state index < -0.39 is 0 Å². The minimum absolute atomic E-state index is 0.0294. The third-order valence-electron chi connectivity index (χ3n) is 4.48. The minimum Gasteiger partial charge on any atom is -0.305 e. The summed E-state index contributed by atoms with van der Waals surface area (Å²) in [7, 11) is 1.98. The fourth-order valence-corrected chi connectivity index (χ4v) is 3.47. The van der Waals surface area contributed by atoms with Crippen molar-refractivity contribution in [3.8, 4) is 0 Å². The molecule has 19 heavy (non-hydrogen) atoms. The molecule has 2 atom stereocenters. The van der Waals surface area contributed by atoms with Crippen LogP contribution < -0.4 is 0 Å². The van der Waals surface area contributed by atoms with Gasteiger partial charge in [-0.2, -0.15) is 0 Å². The van der Waals surface area contributed by atoms with Crippen LogP contribution in [0, 0.1) is 17.8 Å². The van der Waals surface area contributed by atoms with Gasteiger partial charge in [0, 0.05) is 24.9 Å². The fraction of sp³-hybridized carbons (Fsp3) is 0.500. The predicted octanol–water partition coefficient (Wildman–Crippen LogP) is 1.56. The molecule has 0 spiro atoms. The van der Waals surface area contributed by atoms with Gasteiger partial charge in [0.1, 0.15) is 11.6 Å². The predicted molar refractivity (Wildman–Crippen MR) is 72.7 cm³/mol. The maximum absolute atomic E-state index is 12.3. The van der Waals surface area contributed by atoms with E-state index in [2.05, 4.69) is 17.0 Å². The Hall–Kier alpha value is -1.48. The smallest absolute Gasteiger partial charge is 0.148 e. The van der Waals surface area contributed by atoms with Crippen LogP contribution in [0.4, 0.5) is 0 Å². The number of hydrogen-bond donors (Lipinski definition) is 0. The van der Waals surface area contributed by atoms with Crippen LogP contribution in [0.15, 0.2) is 30.3 Å². The van der Waals surface area contributed by atoms with Gasteiger partial charge in [0.15, 0.2) is 0 Å². The number of rotatable bonds is 3. The monoisotopic (exact) mass is 257 g/mol. The van der Waals surface area contributed by atoms with E-state index in [9.17, 15) is 9.59 Å². The fourth-order valence-electron chi connectivity index (χ4n) is 3.47. The number of carbonyl (C=O) groups is 2. The average molecular weight is 257 g/mol. The van der Waals surface area contributed by atoms with Crippen LogP contribution in [0.1, 0.15) is 12.0 Å². The molecule has 100 valence electrons. The molecule has 0 amide bonds. The molecule has 2 fully saturated rings. The van der Waals surface area contributed by atoms with E-state index >= 15 is 0 Å². The third-order valence-corrected chi connectivity index (χ3v) is 4.48. The van der Waals surface area contributed by atoms with Crippen molar-refractivity contribution in [1.29, 1.82) is 0 Å². The van der Waals surface area contributed by atoms with Crippen LogP contribution in [-0.2, 0) is 16.0 Å². The molecule has 3 heteroatoms. The van der Waals surface area contributed by atoms with E-state index in [1.165, 1.54) is 5.56 Å². The molecule has 0 aromatic heterocycles. The zero-order valence-electron chi connectivity index (χ0n) is 11.2. The van der Waals surface area contributed by atoms with Crippen LogP contribution in [0.5, 0.6) is 0 Å². The first-order valence-electron chi connectivity index (χ1n) is 6.96. The summed E-state index contributed by atoms with van der Waals surface area (Å²) in [6.45, 7) is 1.52. The van der Waals surface area contributed by atoms with Crippen molar-refractivity contribution in [2.24, 2.45) is 17.8 Å². The van der Waals surface area contributed by atoms with Crippen LogP contribution in [0.25, 0.3) is 0 Å². The van der Waals surface area contributed by atoms with Gasteiger partial charge in [0.2, 0.25) is 0 Å². The second kappa shape index (κ2) is 4.89. The van der Waals surface area contributed by atoms with Gasteiger partial charge in [-0.3, -0.25) is 9.59 Å². The van der Waals surface area contributed by atoms with Gasteiger partial charge in [-0.15, -0.1) is 0 Å². The second-order valence-corrected chi connectivity index (χ2v) is 5.82. The number of carbonyl (C=O) groups excluding carboxylic acids is 2. The molecule has 1 saturated carbocycles. The number of benzene rings is 1. The second-order valence-electron chi connectivity index (χ2n) is 5.82. The normalized spacial score (nSPS) is 30.9. The summed E-state index contributed by atoms with van der Waals surface area (Å²) < 4.78 is 0. The first-order valence-corrected chi connectivity index (χ1v) is 6.96. The van der Waals surface area contributed by atoms with E-state index in [1.807, 2.05) is 25.2 Å². The maximum atomic E-state index is 12.3. The van der Waals surface area contributed by atoms with Crippen LogP contribution in [0.2, 0.25) is 0 Å². The Bertz CT molecular complexity index is 473. The average Bonchev–Trinajstić information content (AvgIpc) is 2.89. The minimum atomic E-state index is -0.344. The van der Waals surface area contributed by atoms with Crippen molar-refractivity contribution in [2.45, 2.75) is 12.8 Å². The van der Waals surface area contributed by atoms with Crippen molar-refractivity contribution in [3.05, 3.63) is 35.9 Å². The Labute approximate surface area is 113 Å². The van der Waals surface area contributed by atoms with Crippen LogP contribution in [-0.4, -0.2) is 36.6 Å². The summed E-state index contributed by atoms with van der Waals surface area (Å²) in [5, 5.41) is 0. The first kappa shape index (κ1) is 12.5. The van der Waals surface area contributed by atoms with Crippen LogP contribution >= 0.6 is 0 Å². The standard InChI is InChI=1S/C16H19NO2/c1-17-9-13-14(10-17)16(19)12(15(13)18)8-7-11-5-3-2-4-6-11/h2-6,12-14H,7-10H2,1H3. The van der Waals surface area contributed by atoms with E-state index in [1.54, 1.807) is 0 Å². The Morgan fingerprint density at radius 2 is 1.63 bits per heavy atom. The lowest BCUT2D eigenvalue weighted by Crippen LogP contribution is -2.26. The highest BCUT2D eigenvalue weighted by Crippen LogP contribution is 2.37. The van der Waals surface area contributed by atoms with Gasteiger partial charge >= 0.3 is 0 Å². The van der Waals surface area contributed by atoms with E-state index in [4.69, 9.17) is 0 Å². The third kappa shape index (κ3) is 2.23. The molecule has 2 aliphatic rings. The molecule has 1 aliphatic carbocycles. The summed E-state index contributed by atoms with van der Waals surface area (Å²) in [5.74, 6) is -0.0222. The molecule has 1 saturated heterocycles. The van der Waals surface area contributed by atoms with E-state index in [-0.39, 0.29) is 29.3 Å². The van der Waals surface area contributed by atoms with Crippen molar-refractivity contribution in [3.63, 3.8) is 0 Å². The van der Waals surface area contributed by atoms with E-state index in [0.29, 0.717) is 6.42 Å². The molecular formula is C16H19NO2. The number of likely N-dealkylation sites (tertiary alicyclic amines) is 1. The highest BCUT2D eigenvalue weighted by atomic mass is 16.2. The summed E-state index contributed by atoms with van der Waals surface area (Å²) in [5.41, 5.74) is 1.21. The zero-order valence-corrected chi connectivity index (χ0v) is 11.2. The van der Waals surface area contributed by atoms with Gasteiger partial charge in [0.25, 0.3) is 0 Å². The quantitative estimate of drug-likeness (QED) is 0.771. The Morgan fingerprint density at radius 3 is 2.21 bits per heavy atom. The summed E-state index contributed by atoms with van der Waals surface area (Å²) in [4.78, 5) is 26.7. The molecule has 1 aliphatic heterocycles. The molecule has 3 rings (SSSR count). The number of ketones is 2. The zero-order chi connectivity index (χ0) is 13.4. The number of aryl methyl sites for hydroxylation is 1. The van der Waals surface area contributed by atoms with Gasteiger partial charge in [-0.05, 0) is 25.5 Å². The van der Waals surface area contributed by atoms with Gasteiger partial charge in [0.05, 0.1) is 5.92 Å². The maximum Gasteiger partial charge on any atom is 0.148 e. The Kier molecular flexibility index (Phi) is 3.23. The van der Waals surface area contributed by atoms with Gasteiger partial charge < -0.3 is 4.90 Å². The largest absolute Gasteiger partial charge is 0.305 e. The van der Waals surface area contributed by atoms with E-state index in [0.717, 1.165) is 19.5 Å². The first-order chi connectivity index (χ1) is 9.16. The van der Waals surface area contributed by atoms with Crippen molar-refractivity contribution >= 4 is 11.6 Å². The molecular weight excluding hydrogens is 238 g/mol. The molecule has 2 unspecified atom stereocenters. The summed E-state index contributed by atoms with van der Waals surface area (Å²) in [6, 6.07) is 10.1. The Balaban J connectivity index is 1.67. The number of Topliss-reactive ketones (excluding diaryl/α,β-unsaturated/α-hetero) is 2. The molecule has 0 bridgehead atoms. The molecule has 1 aromatic rings. The van der Waals surface area contributed by atoms with Crippen LogP contribution in [0.3, 0.4) is 0 Å². The molecule has 0 N–H and O–H groups in total. The molecule has 1 heterocycles.